The molecule has 0 aliphatic rings. The van der Waals surface area contributed by atoms with Gasteiger partial charge in [0.2, 0.25) is 0 Å². The molecule has 0 rings (SSSR count). The van der Waals surface area contributed by atoms with Gasteiger partial charge >= 0.3 is 19.8 Å². The Kier molecular flexibility index (Phi) is 22.8. The van der Waals surface area contributed by atoms with Crippen molar-refractivity contribution in [1.29, 1.82) is 0 Å². The molecular weight excluding hydrogens is 471 g/mol. The third kappa shape index (κ3) is 25.9. The molecule has 0 aromatic rings. The molecule has 2 N–H and O–H groups in total. The molecule has 0 bridgehead atoms. The van der Waals surface area contributed by atoms with E-state index in [0.717, 1.165) is 51.4 Å². The number of phosphoric acid groups is 1. The SMILES string of the molecule is CCCCCCCCCCCCCCC(=O)OC(COC(=O)CCCCCCC)COP(=O)(O)O. The van der Waals surface area contributed by atoms with Crippen LogP contribution in [-0.4, -0.2) is 41.0 Å². The standard InChI is InChI=1S/C26H51O8P/c1-3-5-7-9-10-11-12-13-14-15-17-19-21-26(28)34-24(23-33-35(29,30)31)22-32-25(27)20-18-16-8-6-4-2/h24H,3-23H2,1-2H3,(H2,29,30,31). The number of hydrogen-bond donors (Lipinski definition) is 2. The van der Waals surface area contributed by atoms with Gasteiger partial charge in [-0.25, -0.2) is 4.57 Å². The number of rotatable bonds is 25. The second kappa shape index (κ2) is 23.4. The van der Waals surface area contributed by atoms with Gasteiger partial charge in [-0.05, 0) is 12.8 Å². The zero-order valence-electron chi connectivity index (χ0n) is 22.2. The minimum Gasteiger partial charge on any atom is -0.462 e. The van der Waals surface area contributed by atoms with Crippen molar-refractivity contribution >= 4 is 19.8 Å². The molecule has 8 nitrogen and oxygen atoms in total. The van der Waals surface area contributed by atoms with Crippen molar-refractivity contribution < 1.29 is 37.9 Å². The molecule has 0 aliphatic heterocycles. The molecule has 0 amide bonds. The first-order valence-electron chi connectivity index (χ1n) is 13.8. The van der Waals surface area contributed by atoms with Crippen LogP contribution in [-0.2, 0) is 28.2 Å². The lowest BCUT2D eigenvalue weighted by Gasteiger charge is -2.18. The van der Waals surface area contributed by atoms with Crippen LogP contribution in [0.4, 0.5) is 0 Å². The maximum Gasteiger partial charge on any atom is 0.469 e. The fraction of sp³-hybridized carbons (Fsp3) is 0.923. The number of ether oxygens (including phenoxy) is 2. The van der Waals surface area contributed by atoms with Gasteiger partial charge in [-0.15, -0.1) is 0 Å². The Bertz CT molecular complexity index is 564. The van der Waals surface area contributed by atoms with Gasteiger partial charge < -0.3 is 19.3 Å². The molecule has 0 fully saturated rings. The summed E-state index contributed by atoms with van der Waals surface area (Å²) < 4.78 is 25.9. The second-order valence-corrected chi connectivity index (χ2v) is 10.6. The number of esters is 2. The highest BCUT2D eigenvalue weighted by Gasteiger charge is 2.22. The molecule has 0 saturated heterocycles. The Morgan fingerprint density at radius 2 is 1.03 bits per heavy atom. The maximum atomic E-state index is 12.2. The monoisotopic (exact) mass is 522 g/mol. The first kappa shape index (κ1) is 34.0. The summed E-state index contributed by atoms with van der Waals surface area (Å²) in [5.74, 6) is -0.897. The van der Waals surface area contributed by atoms with E-state index < -0.39 is 32.5 Å². The van der Waals surface area contributed by atoms with E-state index in [-0.39, 0.29) is 19.4 Å². The van der Waals surface area contributed by atoms with Gasteiger partial charge in [0.1, 0.15) is 6.61 Å². The summed E-state index contributed by atoms with van der Waals surface area (Å²) in [6, 6.07) is 0. The molecule has 0 aromatic carbocycles. The third-order valence-corrected chi connectivity index (χ3v) is 6.36. The fourth-order valence-electron chi connectivity index (χ4n) is 3.78. The average Bonchev–Trinajstić information content (AvgIpc) is 2.80. The van der Waals surface area contributed by atoms with Crippen molar-refractivity contribution in [2.75, 3.05) is 13.2 Å². The number of carbonyl (C=O) groups is 2. The van der Waals surface area contributed by atoms with Crippen molar-refractivity contribution in [3.63, 3.8) is 0 Å². The van der Waals surface area contributed by atoms with Gasteiger partial charge in [0.25, 0.3) is 0 Å². The molecule has 0 radical (unpaired) electrons. The zero-order valence-corrected chi connectivity index (χ0v) is 23.1. The van der Waals surface area contributed by atoms with E-state index in [9.17, 15) is 14.2 Å². The highest BCUT2D eigenvalue weighted by Crippen LogP contribution is 2.35. The molecular formula is C26H51O8P. The van der Waals surface area contributed by atoms with E-state index in [0.29, 0.717) is 6.42 Å². The number of hydrogen-bond acceptors (Lipinski definition) is 6. The molecule has 0 aliphatic carbocycles. The summed E-state index contributed by atoms with van der Waals surface area (Å²) in [6.07, 6.45) is 18.7. The summed E-state index contributed by atoms with van der Waals surface area (Å²) in [5, 5.41) is 0. The Labute approximate surface area is 213 Å². The largest absolute Gasteiger partial charge is 0.469 e. The predicted molar refractivity (Wildman–Crippen MR) is 138 cm³/mol. The maximum absolute atomic E-state index is 12.2. The van der Waals surface area contributed by atoms with Crippen LogP contribution >= 0.6 is 7.82 Å². The van der Waals surface area contributed by atoms with Gasteiger partial charge in [-0.1, -0.05) is 110 Å². The number of carbonyl (C=O) groups excluding carboxylic acids is 2. The molecule has 1 unspecified atom stereocenters. The minimum absolute atomic E-state index is 0.217. The van der Waals surface area contributed by atoms with Crippen molar-refractivity contribution in [3.8, 4) is 0 Å². The van der Waals surface area contributed by atoms with E-state index in [1.165, 1.54) is 51.4 Å². The van der Waals surface area contributed by atoms with Crippen LogP contribution in [0.3, 0.4) is 0 Å². The molecule has 1 atom stereocenters. The lowest BCUT2D eigenvalue weighted by molar-refractivity contribution is -0.161. The van der Waals surface area contributed by atoms with Crippen LogP contribution in [0.5, 0.6) is 0 Å². The quantitative estimate of drug-likeness (QED) is 0.0747. The number of unbranched alkanes of at least 4 members (excludes halogenated alkanes) is 15. The van der Waals surface area contributed by atoms with Crippen LogP contribution in [0.1, 0.15) is 136 Å². The van der Waals surface area contributed by atoms with Crippen molar-refractivity contribution in [2.24, 2.45) is 0 Å². The molecule has 208 valence electrons. The Morgan fingerprint density at radius 3 is 1.46 bits per heavy atom. The predicted octanol–water partition coefficient (Wildman–Crippen LogP) is 7.00. The van der Waals surface area contributed by atoms with Gasteiger partial charge in [-0.3, -0.25) is 14.1 Å². The second-order valence-electron chi connectivity index (χ2n) is 9.38. The summed E-state index contributed by atoms with van der Waals surface area (Å²) in [6.45, 7) is 3.54. The van der Waals surface area contributed by atoms with Gasteiger partial charge in [-0.2, -0.15) is 0 Å². The summed E-state index contributed by atoms with van der Waals surface area (Å²) in [7, 11) is -4.72. The normalized spacial score (nSPS) is 12.5. The summed E-state index contributed by atoms with van der Waals surface area (Å²) in [4.78, 5) is 41.9. The first-order chi connectivity index (χ1) is 16.8. The average molecular weight is 523 g/mol. The Balaban J connectivity index is 4.03. The van der Waals surface area contributed by atoms with Gasteiger partial charge in [0, 0.05) is 12.8 Å². The first-order valence-corrected chi connectivity index (χ1v) is 15.4. The van der Waals surface area contributed by atoms with Crippen molar-refractivity contribution in [3.05, 3.63) is 0 Å². The van der Waals surface area contributed by atoms with Crippen LogP contribution in [0.25, 0.3) is 0 Å². The Hall–Kier alpha value is -0.950. The van der Waals surface area contributed by atoms with E-state index >= 15 is 0 Å². The summed E-state index contributed by atoms with van der Waals surface area (Å²) in [5.41, 5.74) is 0. The van der Waals surface area contributed by atoms with E-state index in [4.69, 9.17) is 19.3 Å². The fourth-order valence-corrected chi connectivity index (χ4v) is 4.14. The Morgan fingerprint density at radius 1 is 0.629 bits per heavy atom. The van der Waals surface area contributed by atoms with E-state index in [1.807, 2.05) is 0 Å². The van der Waals surface area contributed by atoms with Crippen LogP contribution in [0.15, 0.2) is 0 Å². The topological polar surface area (TPSA) is 119 Å². The lowest BCUT2D eigenvalue weighted by Crippen LogP contribution is -2.29. The lowest BCUT2D eigenvalue weighted by atomic mass is 10.0. The van der Waals surface area contributed by atoms with E-state index in [1.54, 1.807) is 0 Å². The van der Waals surface area contributed by atoms with Crippen LogP contribution < -0.4 is 0 Å². The molecule has 9 heteroatoms. The molecule has 0 heterocycles. The smallest absolute Gasteiger partial charge is 0.462 e. The highest BCUT2D eigenvalue weighted by atomic mass is 31.2. The zero-order chi connectivity index (χ0) is 26.2. The number of phosphoric ester groups is 1. The van der Waals surface area contributed by atoms with Crippen LogP contribution in [0, 0.1) is 0 Å². The van der Waals surface area contributed by atoms with Gasteiger partial charge in [0.05, 0.1) is 6.61 Å². The van der Waals surface area contributed by atoms with Crippen LogP contribution in [0.2, 0.25) is 0 Å². The molecule has 0 saturated carbocycles. The van der Waals surface area contributed by atoms with E-state index in [2.05, 4.69) is 18.4 Å². The molecule has 0 spiro atoms. The third-order valence-electron chi connectivity index (χ3n) is 5.88. The molecule has 35 heavy (non-hydrogen) atoms. The van der Waals surface area contributed by atoms with Crippen molar-refractivity contribution in [2.45, 2.75) is 142 Å². The minimum atomic E-state index is -4.72. The highest BCUT2D eigenvalue weighted by molar-refractivity contribution is 7.46. The van der Waals surface area contributed by atoms with Crippen molar-refractivity contribution in [1.82, 2.24) is 0 Å². The summed E-state index contributed by atoms with van der Waals surface area (Å²) >= 11 is 0. The van der Waals surface area contributed by atoms with Gasteiger partial charge in [0.15, 0.2) is 6.10 Å². The molecule has 0 aromatic heterocycles.